The third-order valence-corrected chi connectivity index (χ3v) is 6.28. The maximum atomic E-state index is 12.7. The highest BCUT2D eigenvalue weighted by molar-refractivity contribution is 5.85. The Kier molecular flexibility index (Phi) is 9.50. The van der Waals surface area contributed by atoms with Crippen molar-refractivity contribution in [2.24, 2.45) is 5.92 Å². The lowest BCUT2D eigenvalue weighted by Crippen LogP contribution is -2.53. The predicted molar refractivity (Wildman–Crippen MR) is 120 cm³/mol. The van der Waals surface area contributed by atoms with Crippen molar-refractivity contribution in [3.63, 3.8) is 0 Å². The van der Waals surface area contributed by atoms with Crippen molar-refractivity contribution in [1.82, 2.24) is 20.0 Å². The first-order chi connectivity index (χ1) is 13.2. The summed E-state index contributed by atoms with van der Waals surface area (Å²) in [6, 6.07) is 8.92. The number of methoxy groups -OCH3 is 1. The van der Waals surface area contributed by atoms with Crippen LogP contribution in [0.2, 0.25) is 0 Å². The van der Waals surface area contributed by atoms with E-state index in [0.29, 0.717) is 24.4 Å². The SMILES string of the molecule is COc1ccc(CN2C[C@@H]3CC[C@H](C2)N(CC(=O)N2CCNCC2)C3)cc1.Cl.Cl. The zero-order valence-electron chi connectivity index (χ0n) is 17.2. The summed E-state index contributed by atoms with van der Waals surface area (Å²) in [6.07, 6.45) is 2.51. The summed E-state index contributed by atoms with van der Waals surface area (Å²) < 4.78 is 5.26. The van der Waals surface area contributed by atoms with E-state index in [1.165, 1.54) is 18.4 Å². The summed E-state index contributed by atoms with van der Waals surface area (Å²) in [7, 11) is 1.71. The van der Waals surface area contributed by atoms with E-state index in [1.54, 1.807) is 7.11 Å². The molecular formula is C21H34Cl2N4O2. The second kappa shape index (κ2) is 11.4. The zero-order valence-corrected chi connectivity index (χ0v) is 18.8. The van der Waals surface area contributed by atoms with Crippen LogP contribution in [-0.4, -0.2) is 86.1 Å². The Morgan fingerprint density at radius 1 is 1.07 bits per heavy atom. The molecule has 0 aliphatic carbocycles. The Morgan fingerprint density at radius 3 is 2.48 bits per heavy atom. The normalized spacial score (nSPS) is 24.9. The number of amides is 1. The molecule has 4 heterocycles. The molecule has 1 aromatic carbocycles. The van der Waals surface area contributed by atoms with Gasteiger partial charge in [-0.3, -0.25) is 14.6 Å². The van der Waals surface area contributed by atoms with Gasteiger partial charge in [0.15, 0.2) is 0 Å². The van der Waals surface area contributed by atoms with Gasteiger partial charge in [-0.25, -0.2) is 0 Å². The predicted octanol–water partition coefficient (Wildman–Crippen LogP) is 1.87. The third kappa shape index (κ3) is 6.22. The maximum absolute atomic E-state index is 12.7. The van der Waals surface area contributed by atoms with Crippen LogP contribution in [0.4, 0.5) is 0 Å². The van der Waals surface area contributed by atoms with Crippen LogP contribution in [0.25, 0.3) is 0 Å². The van der Waals surface area contributed by atoms with Crippen molar-refractivity contribution in [3.8, 4) is 5.75 Å². The highest BCUT2D eigenvalue weighted by Gasteiger charge is 2.36. The lowest BCUT2D eigenvalue weighted by molar-refractivity contribution is -0.134. The molecule has 2 bridgehead atoms. The van der Waals surface area contributed by atoms with Crippen LogP contribution in [-0.2, 0) is 11.3 Å². The van der Waals surface area contributed by atoms with Gasteiger partial charge in [-0.2, -0.15) is 0 Å². The number of hydrogen-bond acceptors (Lipinski definition) is 5. The lowest BCUT2D eigenvalue weighted by atomic mass is 9.95. The van der Waals surface area contributed by atoms with Gasteiger partial charge in [-0.15, -0.1) is 24.8 Å². The summed E-state index contributed by atoms with van der Waals surface area (Å²) in [5, 5.41) is 3.32. The minimum Gasteiger partial charge on any atom is -0.497 e. The van der Waals surface area contributed by atoms with Crippen molar-refractivity contribution in [1.29, 1.82) is 0 Å². The number of halogens is 2. The minimum atomic E-state index is 0. The van der Waals surface area contributed by atoms with Crippen LogP contribution in [0.1, 0.15) is 18.4 Å². The van der Waals surface area contributed by atoms with E-state index in [-0.39, 0.29) is 24.8 Å². The summed E-state index contributed by atoms with van der Waals surface area (Å²) in [5.74, 6) is 1.90. The van der Waals surface area contributed by atoms with Crippen molar-refractivity contribution in [2.75, 3.05) is 59.5 Å². The van der Waals surface area contributed by atoms with E-state index >= 15 is 0 Å². The molecule has 4 saturated heterocycles. The van der Waals surface area contributed by atoms with Crippen LogP contribution < -0.4 is 10.1 Å². The molecule has 29 heavy (non-hydrogen) atoms. The number of nitrogens with zero attached hydrogens (tertiary/aromatic N) is 3. The summed E-state index contributed by atoms with van der Waals surface area (Å²) in [4.78, 5) is 19.8. The van der Waals surface area contributed by atoms with E-state index in [0.717, 1.165) is 58.1 Å². The average Bonchev–Trinajstić information content (AvgIpc) is 3.00. The number of carbonyl (C=O) groups is 1. The smallest absolute Gasteiger partial charge is 0.236 e. The highest BCUT2D eigenvalue weighted by atomic mass is 35.5. The molecule has 0 radical (unpaired) electrons. The lowest BCUT2D eigenvalue weighted by Gasteiger charge is -2.37. The van der Waals surface area contributed by atoms with Crippen molar-refractivity contribution >= 4 is 30.7 Å². The van der Waals surface area contributed by atoms with E-state index in [4.69, 9.17) is 4.74 Å². The fraction of sp³-hybridized carbons (Fsp3) is 0.667. The first kappa shape index (κ1) is 24.2. The molecule has 1 aromatic rings. The van der Waals surface area contributed by atoms with Gasteiger partial charge in [-0.05, 0) is 36.5 Å². The summed E-state index contributed by atoms with van der Waals surface area (Å²) in [5.41, 5.74) is 1.33. The van der Waals surface area contributed by atoms with Crippen molar-refractivity contribution in [2.45, 2.75) is 25.4 Å². The second-order valence-corrected chi connectivity index (χ2v) is 8.20. The molecule has 0 saturated carbocycles. The second-order valence-electron chi connectivity index (χ2n) is 8.20. The van der Waals surface area contributed by atoms with Gasteiger partial charge in [0.2, 0.25) is 5.91 Å². The molecule has 4 fully saturated rings. The molecular weight excluding hydrogens is 411 g/mol. The standard InChI is InChI=1S/C21H32N4O2.2ClH/c1-27-20-6-3-17(4-7-20)12-23-13-18-2-5-19(15-23)25(14-18)16-21(26)24-10-8-22-9-11-24;;/h3-4,6-7,18-19,22H,2,5,8-16H2,1H3;2*1H/t18-,19+;;/m0../s1. The van der Waals surface area contributed by atoms with Crippen LogP contribution in [0.15, 0.2) is 24.3 Å². The Balaban J connectivity index is 0.00000150. The number of carbonyl (C=O) groups excluding carboxylic acids is 1. The number of ether oxygens (including phenoxy) is 1. The summed E-state index contributed by atoms with van der Waals surface area (Å²) >= 11 is 0. The van der Waals surface area contributed by atoms with E-state index in [1.807, 2.05) is 17.0 Å². The maximum Gasteiger partial charge on any atom is 0.236 e. The van der Waals surface area contributed by atoms with Crippen LogP contribution in [0, 0.1) is 5.92 Å². The molecule has 6 nitrogen and oxygen atoms in total. The molecule has 164 valence electrons. The van der Waals surface area contributed by atoms with E-state index < -0.39 is 0 Å². The molecule has 0 unspecified atom stereocenters. The zero-order chi connectivity index (χ0) is 18.6. The van der Waals surface area contributed by atoms with Crippen LogP contribution in [0.5, 0.6) is 5.75 Å². The van der Waals surface area contributed by atoms with Gasteiger partial charge >= 0.3 is 0 Å². The van der Waals surface area contributed by atoms with Gasteiger partial charge in [-0.1, -0.05) is 12.1 Å². The number of piperazine rings is 1. The number of rotatable bonds is 5. The molecule has 8 heteroatoms. The largest absolute Gasteiger partial charge is 0.497 e. The number of fused-ring (bicyclic) bond motifs is 4. The topological polar surface area (TPSA) is 48.1 Å². The van der Waals surface area contributed by atoms with E-state index in [9.17, 15) is 4.79 Å². The van der Waals surface area contributed by atoms with Gasteiger partial charge in [0.25, 0.3) is 0 Å². The molecule has 0 spiro atoms. The molecule has 2 atom stereocenters. The Hall–Kier alpha value is -1.05. The molecule has 4 aliphatic rings. The van der Waals surface area contributed by atoms with Crippen LogP contribution >= 0.6 is 24.8 Å². The van der Waals surface area contributed by atoms with Crippen molar-refractivity contribution in [3.05, 3.63) is 29.8 Å². The van der Waals surface area contributed by atoms with Crippen molar-refractivity contribution < 1.29 is 9.53 Å². The Bertz CT molecular complexity index is 640. The average molecular weight is 445 g/mol. The monoisotopic (exact) mass is 444 g/mol. The first-order valence-corrected chi connectivity index (χ1v) is 10.3. The van der Waals surface area contributed by atoms with Gasteiger partial charge < -0.3 is 15.0 Å². The first-order valence-electron chi connectivity index (χ1n) is 10.3. The fourth-order valence-corrected chi connectivity index (χ4v) is 4.78. The number of nitrogens with one attached hydrogen (secondary N) is 1. The fourth-order valence-electron chi connectivity index (χ4n) is 4.78. The highest BCUT2D eigenvalue weighted by Crippen LogP contribution is 2.29. The minimum absolute atomic E-state index is 0. The molecule has 5 rings (SSSR count). The Labute approximate surface area is 186 Å². The van der Waals surface area contributed by atoms with E-state index in [2.05, 4.69) is 27.2 Å². The number of piperidine rings is 1. The van der Waals surface area contributed by atoms with Crippen LogP contribution in [0.3, 0.4) is 0 Å². The summed E-state index contributed by atoms with van der Waals surface area (Å²) in [6.45, 7) is 8.41. The molecule has 1 N–H and O–H groups in total. The third-order valence-electron chi connectivity index (χ3n) is 6.28. The van der Waals surface area contributed by atoms with Gasteiger partial charge in [0.05, 0.1) is 13.7 Å². The number of benzene rings is 1. The molecule has 1 amide bonds. The number of hydrogen-bond donors (Lipinski definition) is 1. The molecule has 4 aliphatic heterocycles. The quantitative estimate of drug-likeness (QED) is 0.750. The van der Waals surface area contributed by atoms with Gasteiger partial charge in [0.1, 0.15) is 5.75 Å². The van der Waals surface area contributed by atoms with Gasteiger partial charge in [0, 0.05) is 58.4 Å². The molecule has 0 aromatic heterocycles. The Morgan fingerprint density at radius 2 is 1.79 bits per heavy atom.